The summed E-state index contributed by atoms with van der Waals surface area (Å²) >= 11 is 0. The maximum Gasteiger partial charge on any atom is -0.000265 e. The smallest absolute Gasteiger partial charge is 0.000265 e. The standard InChI is InChI=1S/C13H24N2P/c1-5-14(6-2)16(15(7-3)8-4)13-11-9-10-12-13/h9-12H,5-8H2,1-4H3/q-1. The summed E-state index contributed by atoms with van der Waals surface area (Å²) < 4.78 is 5.16. The van der Waals surface area contributed by atoms with E-state index >= 15 is 0 Å². The second-order valence-corrected chi connectivity index (χ2v) is 5.94. The second-order valence-electron chi connectivity index (χ2n) is 3.71. The van der Waals surface area contributed by atoms with E-state index in [9.17, 15) is 0 Å². The first-order chi connectivity index (χ1) is 7.78. The minimum absolute atomic E-state index is 0.279. The van der Waals surface area contributed by atoms with Gasteiger partial charge in [0.2, 0.25) is 0 Å². The van der Waals surface area contributed by atoms with E-state index in [2.05, 4.69) is 61.3 Å². The van der Waals surface area contributed by atoms with Crippen molar-refractivity contribution in [2.75, 3.05) is 26.2 Å². The van der Waals surface area contributed by atoms with E-state index in [1.165, 1.54) is 5.30 Å². The topological polar surface area (TPSA) is 6.48 Å². The predicted octanol–water partition coefficient (Wildman–Crippen LogP) is 3.03. The van der Waals surface area contributed by atoms with E-state index in [4.69, 9.17) is 0 Å². The minimum Gasteiger partial charge on any atom is -0.277 e. The summed E-state index contributed by atoms with van der Waals surface area (Å²) in [6, 6.07) is 8.83. The number of hydrogen-bond donors (Lipinski definition) is 0. The van der Waals surface area contributed by atoms with Crippen LogP contribution in [0.5, 0.6) is 0 Å². The van der Waals surface area contributed by atoms with Crippen molar-refractivity contribution in [2.45, 2.75) is 27.7 Å². The quantitative estimate of drug-likeness (QED) is 0.533. The summed E-state index contributed by atoms with van der Waals surface area (Å²) in [7, 11) is -0.279. The van der Waals surface area contributed by atoms with Crippen LogP contribution in [0.25, 0.3) is 0 Å². The largest absolute Gasteiger partial charge is 0.277 e. The molecule has 2 nitrogen and oxygen atoms in total. The normalized spacial score (nSPS) is 11.9. The summed E-state index contributed by atoms with van der Waals surface area (Å²) in [4.78, 5) is 0. The molecule has 0 atom stereocenters. The molecule has 16 heavy (non-hydrogen) atoms. The Balaban J connectivity index is 2.92. The summed E-state index contributed by atoms with van der Waals surface area (Å²) in [6.07, 6.45) is 0. The zero-order valence-corrected chi connectivity index (χ0v) is 11.9. The Labute approximate surface area is 101 Å². The van der Waals surface area contributed by atoms with E-state index in [1.807, 2.05) is 0 Å². The Kier molecular flexibility index (Phi) is 6.12. The lowest BCUT2D eigenvalue weighted by atomic mass is 10.6. The number of nitrogens with zero attached hydrogens (tertiary/aromatic N) is 2. The molecule has 1 aromatic rings. The third-order valence-corrected chi connectivity index (χ3v) is 5.84. The first kappa shape index (κ1) is 13.8. The molecule has 1 rings (SSSR count). The van der Waals surface area contributed by atoms with Crippen molar-refractivity contribution in [1.82, 2.24) is 9.34 Å². The van der Waals surface area contributed by atoms with Crippen LogP contribution < -0.4 is 5.30 Å². The third kappa shape index (κ3) is 3.10. The number of rotatable bonds is 7. The van der Waals surface area contributed by atoms with Crippen LogP contribution >= 0.6 is 8.22 Å². The zero-order chi connectivity index (χ0) is 12.0. The van der Waals surface area contributed by atoms with Gasteiger partial charge in [-0.2, -0.15) is 18.2 Å². The molecule has 0 heterocycles. The lowest BCUT2D eigenvalue weighted by molar-refractivity contribution is 0.430. The highest BCUT2D eigenvalue weighted by Crippen LogP contribution is 2.42. The Morgan fingerprint density at radius 3 is 1.81 bits per heavy atom. The van der Waals surface area contributed by atoms with Gasteiger partial charge in [-0.3, -0.25) is 9.34 Å². The SMILES string of the molecule is CCN(CC)P(c1cc[cH-]c1)N(CC)CC. The summed E-state index contributed by atoms with van der Waals surface area (Å²) in [6.45, 7) is 13.5. The molecule has 0 bridgehead atoms. The van der Waals surface area contributed by atoms with Crippen LogP contribution in [0.2, 0.25) is 0 Å². The molecule has 92 valence electrons. The van der Waals surface area contributed by atoms with E-state index in [0.717, 1.165) is 26.2 Å². The van der Waals surface area contributed by atoms with Gasteiger partial charge in [-0.05, 0) is 34.4 Å². The molecule has 0 fully saturated rings. The van der Waals surface area contributed by atoms with Gasteiger partial charge in [0.25, 0.3) is 0 Å². The molecule has 0 saturated heterocycles. The molecule has 1 aromatic carbocycles. The molecule has 0 aliphatic rings. The second kappa shape index (κ2) is 7.11. The summed E-state index contributed by atoms with van der Waals surface area (Å²) in [5.74, 6) is 0. The lowest BCUT2D eigenvalue weighted by Gasteiger charge is -2.41. The monoisotopic (exact) mass is 239 g/mol. The van der Waals surface area contributed by atoms with Crippen molar-refractivity contribution in [2.24, 2.45) is 0 Å². The van der Waals surface area contributed by atoms with Gasteiger partial charge in [-0.1, -0.05) is 27.7 Å². The van der Waals surface area contributed by atoms with Crippen LogP contribution in [0.4, 0.5) is 0 Å². The first-order valence-corrected chi connectivity index (χ1v) is 7.54. The highest BCUT2D eigenvalue weighted by atomic mass is 31.1. The van der Waals surface area contributed by atoms with Gasteiger partial charge in [0.15, 0.2) is 0 Å². The Morgan fingerprint density at radius 2 is 1.50 bits per heavy atom. The van der Waals surface area contributed by atoms with Gasteiger partial charge in [0, 0.05) is 0 Å². The molecule has 0 N–H and O–H groups in total. The molecule has 0 unspecified atom stereocenters. The fourth-order valence-corrected chi connectivity index (χ4v) is 4.51. The van der Waals surface area contributed by atoms with Crippen LogP contribution in [0, 0.1) is 0 Å². The third-order valence-electron chi connectivity index (χ3n) is 2.87. The fraction of sp³-hybridized carbons (Fsp3) is 0.615. The first-order valence-electron chi connectivity index (χ1n) is 6.29. The van der Waals surface area contributed by atoms with E-state index in [1.54, 1.807) is 0 Å². The van der Waals surface area contributed by atoms with E-state index in [-0.39, 0.29) is 8.22 Å². The van der Waals surface area contributed by atoms with Gasteiger partial charge >= 0.3 is 0 Å². The zero-order valence-electron chi connectivity index (χ0n) is 11.0. The molecular weight excluding hydrogens is 215 g/mol. The average molecular weight is 239 g/mol. The molecule has 3 heteroatoms. The van der Waals surface area contributed by atoms with Crippen LogP contribution in [-0.4, -0.2) is 35.5 Å². The van der Waals surface area contributed by atoms with Gasteiger partial charge in [0.05, 0.1) is 0 Å². The molecule has 0 saturated carbocycles. The van der Waals surface area contributed by atoms with Crippen molar-refractivity contribution in [1.29, 1.82) is 0 Å². The van der Waals surface area contributed by atoms with Gasteiger partial charge < -0.3 is 0 Å². The van der Waals surface area contributed by atoms with Crippen molar-refractivity contribution in [3.05, 3.63) is 24.3 Å². The molecule has 0 amide bonds. The Morgan fingerprint density at radius 1 is 1.00 bits per heavy atom. The van der Waals surface area contributed by atoms with Gasteiger partial charge in [-0.15, -0.1) is 5.30 Å². The van der Waals surface area contributed by atoms with Crippen molar-refractivity contribution < 1.29 is 0 Å². The van der Waals surface area contributed by atoms with E-state index in [0.29, 0.717) is 0 Å². The predicted molar refractivity (Wildman–Crippen MR) is 74.4 cm³/mol. The average Bonchev–Trinajstić information content (AvgIpc) is 2.83. The molecule has 0 radical (unpaired) electrons. The molecule has 0 spiro atoms. The van der Waals surface area contributed by atoms with Crippen molar-refractivity contribution in [3.63, 3.8) is 0 Å². The van der Waals surface area contributed by atoms with Crippen LogP contribution in [0.3, 0.4) is 0 Å². The van der Waals surface area contributed by atoms with Crippen LogP contribution in [0.15, 0.2) is 24.3 Å². The maximum atomic E-state index is 2.58. The molecular formula is C13H24N2P-. The molecule has 0 aliphatic carbocycles. The highest BCUT2D eigenvalue weighted by molar-refractivity contribution is 7.61. The van der Waals surface area contributed by atoms with Crippen LogP contribution in [-0.2, 0) is 0 Å². The fourth-order valence-electron chi connectivity index (χ4n) is 1.99. The Hall–Kier alpha value is -0.300. The minimum atomic E-state index is -0.279. The van der Waals surface area contributed by atoms with Crippen molar-refractivity contribution in [3.8, 4) is 0 Å². The van der Waals surface area contributed by atoms with Crippen LogP contribution in [0.1, 0.15) is 27.7 Å². The maximum absolute atomic E-state index is 2.58. The highest BCUT2D eigenvalue weighted by Gasteiger charge is 2.18. The van der Waals surface area contributed by atoms with Gasteiger partial charge in [-0.25, -0.2) is 6.07 Å². The lowest BCUT2D eigenvalue weighted by Crippen LogP contribution is -2.33. The van der Waals surface area contributed by atoms with E-state index < -0.39 is 0 Å². The molecule has 0 aromatic heterocycles. The van der Waals surface area contributed by atoms with Crippen molar-refractivity contribution >= 4 is 13.5 Å². The summed E-state index contributed by atoms with van der Waals surface area (Å²) in [5, 5.41) is 1.49. The number of hydrogen-bond acceptors (Lipinski definition) is 2. The van der Waals surface area contributed by atoms with Gasteiger partial charge in [0.1, 0.15) is 0 Å². The Bertz CT molecular complexity index is 251. The summed E-state index contributed by atoms with van der Waals surface area (Å²) in [5.41, 5.74) is 0. The molecule has 0 aliphatic heterocycles.